The van der Waals surface area contributed by atoms with Crippen LogP contribution in [0.1, 0.15) is 30.9 Å². The van der Waals surface area contributed by atoms with Gasteiger partial charge in [-0.3, -0.25) is 0 Å². The summed E-state index contributed by atoms with van der Waals surface area (Å²) >= 11 is 0. The highest BCUT2D eigenvalue weighted by atomic mass is 16.7. The van der Waals surface area contributed by atoms with Crippen molar-refractivity contribution in [2.45, 2.75) is 39.0 Å². The number of hydrogen-bond donors (Lipinski definition) is 1. The molecule has 5 heteroatoms. The lowest BCUT2D eigenvalue weighted by Crippen LogP contribution is -2.51. The molecule has 0 aliphatic carbocycles. The van der Waals surface area contributed by atoms with Crippen molar-refractivity contribution in [3.8, 4) is 0 Å². The Kier molecular flexibility index (Phi) is 4.87. The fraction of sp³-hybridized carbons (Fsp3) is 0.611. The van der Waals surface area contributed by atoms with Gasteiger partial charge in [0.2, 0.25) is 0 Å². The Morgan fingerprint density at radius 1 is 1.35 bits per heavy atom. The van der Waals surface area contributed by atoms with E-state index in [0.29, 0.717) is 26.3 Å². The molecule has 1 aromatic rings. The van der Waals surface area contributed by atoms with Crippen LogP contribution in [0.3, 0.4) is 0 Å². The van der Waals surface area contributed by atoms with Crippen molar-refractivity contribution in [1.29, 1.82) is 0 Å². The molecule has 0 bridgehead atoms. The van der Waals surface area contributed by atoms with E-state index in [9.17, 15) is 4.79 Å². The molecule has 2 fully saturated rings. The molecule has 2 amide bonds. The number of ether oxygens (including phenoxy) is 2. The maximum Gasteiger partial charge on any atom is 0.317 e. The standard InChI is InChI=1S/C18H26N2O3/c1-14-6-3-4-7-15(14)12-19-17(21)20-9-5-8-16(13-20)18(2)22-10-11-23-18/h3-4,6-7,16H,5,8-13H2,1-2H3,(H,19,21)/t16-/m1/s1. The Balaban J connectivity index is 1.56. The number of urea groups is 1. The number of hydrogen-bond acceptors (Lipinski definition) is 3. The number of carbonyl (C=O) groups excluding carboxylic acids is 1. The molecule has 126 valence electrons. The van der Waals surface area contributed by atoms with Crippen molar-refractivity contribution in [1.82, 2.24) is 10.2 Å². The highest BCUT2D eigenvalue weighted by molar-refractivity contribution is 5.74. The van der Waals surface area contributed by atoms with E-state index in [1.54, 1.807) is 0 Å². The Morgan fingerprint density at radius 2 is 2.09 bits per heavy atom. The second-order valence-electron chi connectivity index (χ2n) is 6.58. The topological polar surface area (TPSA) is 50.8 Å². The first kappa shape index (κ1) is 16.3. The van der Waals surface area contributed by atoms with Crippen molar-refractivity contribution in [3.63, 3.8) is 0 Å². The molecule has 0 aromatic heterocycles. The van der Waals surface area contributed by atoms with Crippen LogP contribution in [0.2, 0.25) is 0 Å². The summed E-state index contributed by atoms with van der Waals surface area (Å²) in [7, 11) is 0. The predicted octanol–water partition coefficient (Wildman–Crippen LogP) is 2.68. The molecule has 1 aromatic carbocycles. The molecule has 1 N–H and O–H groups in total. The fourth-order valence-electron chi connectivity index (χ4n) is 3.45. The van der Waals surface area contributed by atoms with Gasteiger partial charge >= 0.3 is 6.03 Å². The Bertz CT molecular complexity index is 555. The van der Waals surface area contributed by atoms with Gasteiger partial charge in [-0.25, -0.2) is 4.79 Å². The minimum Gasteiger partial charge on any atom is -0.347 e. The maximum atomic E-state index is 12.5. The first-order chi connectivity index (χ1) is 11.1. The monoisotopic (exact) mass is 318 g/mol. The molecule has 0 unspecified atom stereocenters. The average Bonchev–Trinajstić information content (AvgIpc) is 3.02. The van der Waals surface area contributed by atoms with Crippen molar-refractivity contribution >= 4 is 6.03 Å². The van der Waals surface area contributed by atoms with E-state index in [1.165, 1.54) is 5.56 Å². The zero-order valence-corrected chi connectivity index (χ0v) is 14.0. The third-order valence-corrected chi connectivity index (χ3v) is 5.00. The van der Waals surface area contributed by atoms with E-state index >= 15 is 0 Å². The summed E-state index contributed by atoms with van der Waals surface area (Å²) in [4.78, 5) is 14.4. The van der Waals surface area contributed by atoms with Gasteiger partial charge in [0, 0.05) is 25.6 Å². The minimum atomic E-state index is -0.533. The molecule has 2 aliphatic heterocycles. The summed E-state index contributed by atoms with van der Waals surface area (Å²) in [6.07, 6.45) is 2.03. The van der Waals surface area contributed by atoms with Crippen molar-refractivity contribution in [3.05, 3.63) is 35.4 Å². The van der Waals surface area contributed by atoms with Gasteiger partial charge in [0.1, 0.15) is 0 Å². The van der Waals surface area contributed by atoms with Crippen molar-refractivity contribution in [2.75, 3.05) is 26.3 Å². The fourth-order valence-corrected chi connectivity index (χ4v) is 3.45. The third kappa shape index (κ3) is 3.67. The summed E-state index contributed by atoms with van der Waals surface area (Å²) in [5.74, 6) is -0.294. The smallest absolute Gasteiger partial charge is 0.317 e. The molecule has 5 nitrogen and oxygen atoms in total. The normalized spacial score (nSPS) is 23.7. The first-order valence-corrected chi connectivity index (χ1v) is 8.44. The molecule has 2 saturated heterocycles. The van der Waals surface area contributed by atoms with Gasteiger partial charge < -0.3 is 19.7 Å². The van der Waals surface area contributed by atoms with Crippen LogP contribution in [-0.4, -0.2) is 43.0 Å². The molecule has 0 spiro atoms. The molecule has 0 saturated carbocycles. The van der Waals surface area contributed by atoms with Gasteiger partial charge in [0.05, 0.1) is 13.2 Å². The number of rotatable bonds is 3. The summed E-state index contributed by atoms with van der Waals surface area (Å²) in [5, 5.41) is 3.04. The lowest BCUT2D eigenvalue weighted by atomic mass is 9.90. The van der Waals surface area contributed by atoms with Gasteiger partial charge in [0.25, 0.3) is 0 Å². The number of nitrogens with zero attached hydrogens (tertiary/aromatic N) is 1. The van der Waals surface area contributed by atoms with E-state index in [2.05, 4.69) is 24.4 Å². The largest absolute Gasteiger partial charge is 0.347 e. The lowest BCUT2D eigenvalue weighted by molar-refractivity contribution is -0.189. The van der Waals surface area contributed by atoms with Crippen LogP contribution in [0.4, 0.5) is 4.79 Å². The number of likely N-dealkylation sites (tertiary alicyclic amines) is 1. The third-order valence-electron chi connectivity index (χ3n) is 5.00. The summed E-state index contributed by atoms with van der Waals surface area (Å²) < 4.78 is 11.5. The molecule has 0 radical (unpaired) electrons. The van der Waals surface area contributed by atoms with Gasteiger partial charge in [-0.15, -0.1) is 0 Å². The number of nitrogens with one attached hydrogen (secondary N) is 1. The quantitative estimate of drug-likeness (QED) is 0.932. The van der Waals surface area contributed by atoms with Crippen molar-refractivity contribution in [2.24, 2.45) is 5.92 Å². The molecule has 2 aliphatic rings. The molecule has 1 atom stereocenters. The highest BCUT2D eigenvalue weighted by Crippen LogP contribution is 2.34. The SMILES string of the molecule is Cc1ccccc1CNC(=O)N1CCC[C@@H](C2(C)OCCO2)C1. The minimum absolute atomic E-state index is 0.000417. The number of carbonyl (C=O) groups is 1. The van der Waals surface area contributed by atoms with E-state index < -0.39 is 5.79 Å². The van der Waals surface area contributed by atoms with Crippen LogP contribution in [0.25, 0.3) is 0 Å². The molecule has 23 heavy (non-hydrogen) atoms. The summed E-state index contributed by atoms with van der Waals surface area (Å²) in [5.41, 5.74) is 2.36. The molecule has 2 heterocycles. The second-order valence-corrected chi connectivity index (χ2v) is 6.58. The van der Waals surface area contributed by atoms with E-state index in [1.807, 2.05) is 24.0 Å². The molecule has 3 rings (SSSR count). The summed E-state index contributed by atoms with van der Waals surface area (Å²) in [6.45, 7) is 7.41. The Morgan fingerprint density at radius 3 is 2.83 bits per heavy atom. The van der Waals surface area contributed by atoms with E-state index in [0.717, 1.165) is 24.9 Å². The van der Waals surface area contributed by atoms with E-state index in [4.69, 9.17) is 9.47 Å². The number of amides is 2. The number of piperidine rings is 1. The van der Waals surface area contributed by atoms with E-state index in [-0.39, 0.29) is 11.9 Å². The van der Waals surface area contributed by atoms with Gasteiger partial charge in [-0.2, -0.15) is 0 Å². The zero-order valence-electron chi connectivity index (χ0n) is 14.0. The van der Waals surface area contributed by atoms with Crippen LogP contribution in [0, 0.1) is 12.8 Å². The van der Waals surface area contributed by atoms with Gasteiger partial charge in [0.15, 0.2) is 5.79 Å². The van der Waals surface area contributed by atoms with Crippen LogP contribution in [0.15, 0.2) is 24.3 Å². The zero-order chi connectivity index (χ0) is 16.3. The van der Waals surface area contributed by atoms with Crippen molar-refractivity contribution < 1.29 is 14.3 Å². The highest BCUT2D eigenvalue weighted by Gasteiger charge is 2.42. The van der Waals surface area contributed by atoms with Crippen LogP contribution in [-0.2, 0) is 16.0 Å². The maximum absolute atomic E-state index is 12.5. The number of aryl methyl sites for hydroxylation is 1. The number of benzene rings is 1. The van der Waals surface area contributed by atoms with Crippen LogP contribution >= 0.6 is 0 Å². The predicted molar refractivity (Wildman–Crippen MR) is 88.0 cm³/mol. The molecular formula is C18H26N2O3. The average molecular weight is 318 g/mol. The first-order valence-electron chi connectivity index (χ1n) is 8.44. The Labute approximate surface area is 137 Å². The summed E-state index contributed by atoms with van der Waals surface area (Å²) in [6, 6.07) is 8.13. The molecular weight excluding hydrogens is 292 g/mol. The van der Waals surface area contributed by atoms with Gasteiger partial charge in [-0.05, 0) is 37.8 Å². The van der Waals surface area contributed by atoms with Gasteiger partial charge in [-0.1, -0.05) is 24.3 Å². The lowest BCUT2D eigenvalue weighted by Gasteiger charge is -2.39. The van der Waals surface area contributed by atoms with Crippen LogP contribution in [0.5, 0.6) is 0 Å². The van der Waals surface area contributed by atoms with Crippen LogP contribution < -0.4 is 5.32 Å². The second kappa shape index (κ2) is 6.89. The Hall–Kier alpha value is -1.59.